The van der Waals surface area contributed by atoms with Crippen molar-refractivity contribution in [2.45, 2.75) is 0 Å². The van der Waals surface area contributed by atoms with E-state index in [0.29, 0.717) is 0 Å². The first-order valence-corrected chi connectivity index (χ1v) is 4.32. The van der Waals surface area contributed by atoms with Gasteiger partial charge in [-0.05, 0) is 0 Å². The molecule has 0 unspecified atom stereocenters. The molecule has 0 atom stereocenters. The van der Waals surface area contributed by atoms with Gasteiger partial charge in [-0.2, -0.15) is 0 Å². The second kappa shape index (κ2) is 3.11. The summed E-state index contributed by atoms with van der Waals surface area (Å²) in [6.07, 6.45) is 0. The van der Waals surface area contributed by atoms with Gasteiger partial charge in [0.2, 0.25) is 0 Å². The van der Waals surface area contributed by atoms with Crippen molar-refractivity contribution in [3.63, 3.8) is 0 Å². The molecule has 5 nitrogen and oxygen atoms in total. The van der Waals surface area contributed by atoms with Crippen LogP contribution in [0.25, 0.3) is 10.9 Å². The maximum Gasteiger partial charge on any atom is 0.326 e. The summed E-state index contributed by atoms with van der Waals surface area (Å²) in [6, 6.07) is 1.36. The van der Waals surface area contributed by atoms with Gasteiger partial charge in [0, 0.05) is 6.07 Å². The van der Waals surface area contributed by atoms with Crippen LogP contribution in [0.5, 0.6) is 0 Å². The number of halogens is 2. The average Bonchev–Trinajstić information content (AvgIpc) is 1.99. The van der Waals surface area contributed by atoms with Crippen molar-refractivity contribution in [3.05, 3.63) is 37.2 Å². The van der Waals surface area contributed by atoms with Gasteiger partial charge >= 0.3 is 5.69 Å². The smallest absolute Gasteiger partial charge is 0.307 e. The zero-order valence-electron chi connectivity index (χ0n) is 6.60. The third-order valence-corrected chi connectivity index (χ3v) is 2.11. The third kappa shape index (κ3) is 1.40. The van der Waals surface area contributed by atoms with Crippen LogP contribution >= 0.6 is 23.2 Å². The molecule has 2 aromatic rings. The van der Waals surface area contributed by atoms with E-state index in [1.165, 1.54) is 6.07 Å². The lowest BCUT2D eigenvalue weighted by atomic mass is 10.3. The number of nitrogens with one attached hydrogen (secondary N) is 2. The van der Waals surface area contributed by atoms with E-state index in [2.05, 4.69) is 9.97 Å². The lowest BCUT2D eigenvalue weighted by molar-refractivity contribution is 1.08. The zero-order chi connectivity index (χ0) is 10.3. The fraction of sp³-hybridized carbons (Fsp3) is 0. The Labute approximate surface area is 86.7 Å². The maximum atomic E-state index is 11.3. The van der Waals surface area contributed by atoms with Gasteiger partial charge in [0.25, 0.3) is 5.56 Å². The summed E-state index contributed by atoms with van der Waals surface area (Å²) in [4.78, 5) is 30.3. The lowest BCUT2D eigenvalue weighted by Crippen LogP contribution is -2.22. The third-order valence-electron chi connectivity index (χ3n) is 1.65. The molecule has 0 aromatic carbocycles. The maximum absolute atomic E-state index is 11.3. The summed E-state index contributed by atoms with van der Waals surface area (Å²) in [6.45, 7) is 0. The highest BCUT2D eigenvalue weighted by Crippen LogP contribution is 2.18. The molecule has 0 aliphatic carbocycles. The Morgan fingerprint density at radius 1 is 1.21 bits per heavy atom. The van der Waals surface area contributed by atoms with Crippen LogP contribution in [0.3, 0.4) is 0 Å². The van der Waals surface area contributed by atoms with E-state index in [4.69, 9.17) is 23.2 Å². The topological polar surface area (TPSA) is 78.6 Å². The molecule has 0 saturated heterocycles. The van der Waals surface area contributed by atoms with Crippen molar-refractivity contribution >= 4 is 34.1 Å². The molecule has 2 aromatic heterocycles. The standard InChI is InChI=1S/C7H3Cl2N3O2/c8-3-1-2-4(5(9)11-3)6(13)12-7(14)10-2/h1H,(H2,10,12,13,14). The Morgan fingerprint density at radius 2 is 1.93 bits per heavy atom. The summed E-state index contributed by atoms with van der Waals surface area (Å²) in [5.41, 5.74) is -0.928. The van der Waals surface area contributed by atoms with Crippen molar-refractivity contribution in [1.29, 1.82) is 0 Å². The number of aromatic nitrogens is 3. The molecule has 0 aliphatic heterocycles. The van der Waals surface area contributed by atoms with Crippen molar-refractivity contribution < 1.29 is 0 Å². The summed E-state index contributed by atoms with van der Waals surface area (Å²) in [5.74, 6) is 0. The number of H-pyrrole nitrogens is 2. The van der Waals surface area contributed by atoms with Crippen LogP contribution in [0.4, 0.5) is 0 Å². The minimum atomic E-state index is -0.610. The van der Waals surface area contributed by atoms with E-state index >= 15 is 0 Å². The molecule has 2 rings (SSSR count). The number of fused-ring (bicyclic) bond motifs is 1. The molecule has 0 radical (unpaired) electrons. The fourth-order valence-electron chi connectivity index (χ4n) is 1.12. The number of hydrogen-bond acceptors (Lipinski definition) is 3. The summed E-state index contributed by atoms with van der Waals surface area (Å²) in [7, 11) is 0. The van der Waals surface area contributed by atoms with Crippen LogP contribution in [-0.2, 0) is 0 Å². The quantitative estimate of drug-likeness (QED) is 0.662. The molecule has 0 fully saturated rings. The van der Waals surface area contributed by atoms with Crippen LogP contribution in [-0.4, -0.2) is 15.0 Å². The normalized spacial score (nSPS) is 10.7. The molecule has 0 amide bonds. The van der Waals surface area contributed by atoms with Gasteiger partial charge in [0.1, 0.15) is 15.7 Å². The minimum absolute atomic E-state index is 0.0370. The Bertz CT molecular complexity index is 616. The first kappa shape index (κ1) is 9.23. The molecule has 72 valence electrons. The average molecular weight is 232 g/mol. The van der Waals surface area contributed by atoms with Crippen molar-refractivity contribution in [2.24, 2.45) is 0 Å². The summed E-state index contributed by atoms with van der Waals surface area (Å²) >= 11 is 11.3. The highest BCUT2D eigenvalue weighted by molar-refractivity contribution is 6.36. The molecule has 2 N–H and O–H groups in total. The van der Waals surface area contributed by atoms with Crippen molar-refractivity contribution in [1.82, 2.24) is 15.0 Å². The monoisotopic (exact) mass is 231 g/mol. The highest BCUT2D eigenvalue weighted by atomic mass is 35.5. The lowest BCUT2D eigenvalue weighted by Gasteiger charge is -1.98. The van der Waals surface area contributed by atoms with Gasteiger partial charge in [0.05, 0.1) is 5.52 Å². The molecular weight excluding hydrogens is 229 g/mol. The predicted molar refractivity (Wildman–Crippen MR) is 53.0 cm³/mol. The molecule has 2 heterocycles. The van der Waals surface area contributed by atoms with Crippen molar-refractivity contribution in [2.75, 3.05) is 0 Å². The second-order valence-electron chi connectivity index (χ2n) is 2.57. The van der Waals surface area contributed by atoms with Crippen LogP contribution in [0.1, 0.15) is 0 Å². The van der Waals surface area contributed by atoms with E-state index in [1.54, 1.807) is 0 Å². The molecule has 0 bridgehead atoms. The van der Waals surface area contributed by atoms with Crippen LogP contribution in [0.2, 0.25) is 10.3 Å². The largest absolute Gasteiger partial charge is 0.326 e. The SMILES string of the molecule is O=c1[nH]c(=O)c2c(Cl)nc(Cl)cc2[nH]1. The number of aromatic amines is 2. The zero-order valence-corrected chi connectivity index (χ0v) is 8.11. The molecule has 14 heavy (non-hydrogen) atoms. The fourth-order valence-corrected chi connectivity index (χ4v) is 1.63. The van der Waals surface area contributed by atoms with Crippen LogP contribution < -0.4 is 11.2 Å². The molecule has 0 saturated carbocycles. The van der Waals surface area contributed by atoms with Crippen LogP contribution in [0.15, 0.2) is 15.7 Å². The van der Waals surface area contributed by atoms with E-state index in [1.807, 2.05) is 4.98 Å². The Hall–Kier alpha value is -1.33. The van der Waals surface area contributed by atoms with E-state index in [0.717, 1.165) is 0 Å². The van der Waals surface area contributed by atoms with Gasteiger partial charge in [-0.15, -0.1) is 0 Å². The number of hydrogen-bond donors (Lipinski definition) is 2. The second-order valence-corrected chi connectivity index (χ2v) is 3.31. The predicted octanol–water partition coefficient (Wildman–Crippen LogP) is 0.918. The number of rotatable bonds is 0. The summed E-state index contributed by atoms with van der Waals surface area (Å²) in [5, 5.41) is 0.199. The summed E-state index contributed by atoms with van der Waals surface area (Å²) < 4.78 is 0. The van der Waals surface area contributed by atoms with Crippen LogP contribution in [0, 0.1) is 0 Å². The van der Waals surface area contributed by atoms with E-state index < -0.39 is 11.2 Å². The Morgan fingerprint density at radius 3 is 2.64 bits per heavy atom. The van der Waals surface area contributed by atoms with Gasteiger partial charge in [-0.25, -0.2) is 9.78 Å². The Balaban J connectivity index is 3.10. The first-order chi connectivity index (χ1) is 6.58. The van der Waals surface area contributed by atoms with Gasteiger partial charge < -0.3 is 4.98 Å². The number of pyridine rings is 1. The molecule has 7 heteroatoms. The Kier molecular flexibility index (Phi) is 2.05. The minimum Gasteiger partial charge on any atom is -0.307 e. The molecular formula is C7H3Cl2N3O2. The first-order valence-electron chi connectivity index (χ1n) is 3.56. The van der Waals surface area contributed by atoms with Crippen molar-refractivity contribution in [3.8, 4) is 0 Å². The van der Waals surface area contributed by atoms with Gasteiger partial charge in [0.15, 0.2) is 0 Å². The highest BCUT2D eigenvalue weighted by Gasteiger charge is 2.07. The van der Waals surface area contributed by atoms with E-state index in [9.17, 15) is 9.59 Å². The van der Waals surface area contributed by atoms with E-state index in [-0.39, 0.29) is 21.2 Å². The van der Waals surface area contributed by atoms with Gasteiger partial charge in [-0.1, -0.05) is 23.2 Å². The molecule has 0 aliphatic rings. The van der Waals surface area contributed by atoms with Gasteiger partial charge in [-0.3, -0.25) is 9.78 Å². The molecule has 0 spiro atoms. The number of nitrogens with zero attached hydrogens (tertiary/aromatic N) is 1.